The van der Waals surface area contributed by atoms with Gasteiger partial charge >= 0.3 is 0 Å². The Labute approximate surface area is 177 Å². The molecule has 2 amide bonds. The minimum atomic E-state index is -0.666. The number of rotatable bonds is 11. The van der Waals surface area contributed by atoms with E-state index < -0.39 is 11.0 Å². The van der Waals surface area contributed by atoms with Crippen molar-refractivity contribution in [3.8, 4) is 0 Å². The van der Waals surface area contributed by atoms with Crippen molar-refractivity contribution in [1.82, 2.24) is 10.2 Å². The van der Waals surface area contributed by atoms with Gasteiger partial charge in [-0.1, -0.05) is 61.9 Å². The molecule has 0 saturated heterocycles. The van der Waals surface area contributed by atoms with Crippen LogP contribution in [-0.4, -0.2) is 40.8 Å². The summed E-state index contributed by atoms with van der Waals surface area (Å²) < 4.78 is 0. The molecule has 0 aromatic heterocycles. The second-order valence-electron chi connectivity index (χ2n) is 7.21. The predicted molar refractivity (Wildman–Crippen MR) is 116 cm³/mol. The van der Waals surface area contributed by atoms with E-state index >= 15 is 0 Å². The number of amides is 2. The summed E-state index contributed by atoms with van der Waals surface area (Å²) in [7, 11) is 0. The molecule has 0 aliphatic carbocycles. The summed E-state index contributed by atoms with van der Waals surface area (Å²) in [5.41, 5.74) is 1.31. The molecule has 160 valence electrons. The first-order valence-corrected chi connectivity index (χ1v) is 10.3. The van der Waals surface area contributed by atoms with Crippen molar-refractivity contribution >= 4 is 17.5 Å². The van der Waals surface area contributed by atoms with Gasteiger partial charge in [0.25, 0.3) is 5.69 Å². The van der Waals surface area contributed by atoms with E-state index in [1.54, 1.807) is 25.1 Å². The highest BCUT2D eigenvalue weighted by atomic mass is 16.6. The molecule has 0 heterocycles. The van der Waals surface area contributed by atoms with Crippen LogP contribution in [0.2, 0.25) is 0 Å². The lowest BCUT2D eigenvalue weighted by molar-refractivity contribution is -0.385. The quantitative estimate of drug-likeness (QED) is 0.348. The number of nitrogens with one attached hydrogen (secondary N) is 1. The van der Waals surface area contributed by atoms with Gasteiger partial charge in [-0.15, -0.1) is 0 Å². The maximum Gasteiger partial charge on any atom is 0.273 e. The van der Waals surface area contributed by atoms with E-state index in [2.05, 4.69) is 5.32 Å². The van der Waals surface area contributed by atoms with Gasteiger partial charge < -0.3 is 10.2 Å². The number of unbranched alkanes of at least 4 members (excludes halogenated alkanes) is 1. The number of nitro benzene ring substituents is 1. The zero-order valence-electron chi connectivity index (χ0n) is 17.5. The number of nitro groups is 1. The molecule has 0 radical (unpaired) electrons. The lowest BCUT2D eigenvalue weighted by Gasteiger charge is -2.29. The molecule has 0 saturated carbocycles. The molecule has 7 nitrogen and oxygen atoms in total. The molecule has 0 aliphatic rings. The Morgan fingerprint density at radius 2 is 1.77 bits per heavy atom. The van der Waals surface area contributed by atoms with Gasteiger partial charge in [-0.05, 0) is 25.3 Å². The van der Waals surface area contributed by atoms with Crippen LogP contribution in [0, 0.1) is 10.1 Å². The van der Waals surface area contributed by atoms with Crippen LogP contribution >= 0.6 is 0 Å². The van der Waals surface area contributed by atoms with Gasteiger partial charge in [0.05, 0.1) is 11.3 Å². The highest BCUT2D eigenvalue weighted by Crippen LogP contribution is 2.19. The fourth-order valence-electron chi connectivity index (χ4n) is 3.21. The summed E-state index contributed by atoms with van der Waals surface area (Å²) in [4.78, 5) is 38.0. The fraction of sp³-hybridized carbons (Fsp3) is 0.391. The van der Waals surface area contributed by atoms with Gasteiger partial charge in [0, 0.05) is 24.7 Å². The van der Waals surface area contributed by atoms with Crippen LogP contribution in [0.5, 0.6) is 0 Å². The van der Waals surface area contributed by atoms with E-state index in [0.717, 1.165) is 18.4 Å². The third-order valence-electron chi connectivity index (χ3n) is 5.01. The van der Waals surface area contributed by atoms with Crippen molar-refractivity contribution in [2.75, 3.05) is 13.1 Å². The van der Waals surface area contributed by atoms with Gasteiger partial charge in [-0.2, -0.15) is 0 Å². The molecular formula is C23H29N3O4. The van der Waals surface area contributed by atoms with Crippen molar-refractivity contribution in [3.63, 3.8) is 0 Å². The van der Waals surface area contributed by atoms with E-state index in [9.17, 15) is 19.7 Å². The maximum atomic E-state index is 13.1. The first-order chi connectivity index (χ1) is 14.4. The first kappa shape index (κ1) is 23.1. The number of hydrogen-bond donors (Lipinski definition) is 1. The lowest BCUT2D eigenvalue weighted by Crippen LogP contribution is -2.49. The van der Waals surface area contributed by atoms with Crippen LogP contribution in [0.1, 0.15) is 37.8 Å². The molecule has 1 N–H and O–H groups in total. The third-order valence-corrected chi connectivity index (χ3v) is 5.01. The molecule has 2 aromatic carbocycles. The molecule has 0 bridgehead atoms. The number of nitrogens with zero attached hydrogens (tertiary/aromatic N) is 2. The zero-order chi connectivity index (χ0) is 21.9. The minimum Gasteiger partial charge on any atom is -0.354 e. The predicted octanol–water partition coefficient (Wildman–Crippen LogP) is 3.51. The van der Waals surface area contributed by atoms with E-state index in [-0.39, 0.29) is 23.9 Å². The molecule has 0 aliphatic heterocycles. The normalized spacial score (nSPS) is 11.5. The highest BCUT2D eigenvalue weighted by Gasteiger charge is 2.27. The first-order valence-electron chi connectivity index (χ1n) is 10.3. The Morgan fingerprint density at radius 1 is 1.10 bits per heavy atom. The Kier molecular flexibility index (Phi) is 9.00. The van der Waals surface area contributed by atoms with Crippen molar-refractivity contribution in [1.29, 1.82) is 0 Å². The van der Waals surface area contributed by atoms with Gasteiger partial charge in [0.15, 0.2) is 0 Å². The van der Waals surface area contributed by atoms with Crippen molar-refractivity contribution in [2.24, 2.45) is 0 Å². The average molecular weight is 412 g/mol. The topological polar surface area (TPSA) is 92.6 Å². The number of hydrogen-bond acceptors (Lipinski definition) is 4. The van der Waals surface area contributed by atoms with Crippen LogP contribution in [0.4, 0.5) is 5.69 Å². The monoisotopic (exact) mass is 411 g/mol. The molecule has 7 heteroatoms. The molecule has 1 unspecified atom stereocenters. The summed E-state index contributed by atoms with van der Waals surface area (Å²) in [6.07, 6.45) is 2.30. The Bertz CT molecular complexity index is 855. The van der Waals surface area contributed by atoms with Gasteiger partial charge in [0.1, 0.15) is 6.04 Å². The van der Waals surface area contributed by atoms with Crippen LogP contribution in [0.3, 0.4) is 0 Å². The Morgan fingerprint density at radius 3 is 2.43 bits per heavy atom. The molecule has 0 fully saturated rings. The summed E-state index contributed by atoms with van der Waals surface area (Å²) in [5, 5.41) is 14.2. The SMILES string of the molecule is CCCCNC(=O)C(C)N(CCc1ccccc1)C(=O)Cc1ccccc1[N+](=O)[O-]. The second kappa shape index (κ2) is 11.7. The number of para-hydroxylation sites is 1. The summed E-state index contributed by atoms with van der Waals surface area (Å²) in [6.45, 7) is 4.65. The van der Waals surface area contributed by atoms with Crippen LogP contribution in [0.25, 0.3) is 0 Å². The van der Waals surface area contributed by atoms with E-state index in [4.69, 9.17) is 0 Å². The molecular weight excluding hydrogens is 382 g/mol. The van der Waals surface area contributed by atoms with Crippen molar-refractivity contribution in [3.05, 3.63) is 75.8 Å². The molecule has 1 atom stereocenters. The molecule has 2 aromatic rings. The van der Waals surface area contributed by atoms with Crippen molar-refractivity contribution < 1.29 is 14.5 Å². The number of carbonyl (C=O) groups excluding carboxylic acids is 2. The number of benzene rings is 2. The van der Waals surface area contributed by atoms with Crippen LogP contribution in [-0.2, 0) is 22.4 Å². The van der Waals surface area contributed by atoms with Crippen LogP contribution < -0.4 is 5.32 Å². The number of carbonyl (C=O) groups is 2. The summed E-state index contributed by atoms with van der Waals surface area (Å²) in [6, 6.07) is 15.3. The molecule has 30 heavy (non-hydrogen) atoms. The van der Waals surface area contributed by atoms with Gasteiger partial charge in [0.2, 0.25) is 11.8 Å². The fourth-order valence-corrected chi connectivity index (χ4v) is 3.21. The standard InChI is InChI=1S/C23H29N3O4/c1-3-4-15-24-23(28)18(2)25(16-14-19-10-6-5-7-11-19)22(27)17-20-12-8-9-13-21(20)26(29)30/h5-13,18H,3-4,14-17H2,1-2H3,(H,24,28). The van der Waals surface area contributed by atoms with E-state index in [1.807, 2.05) is 37.3 Å². The van der Waals surface area contributed by atoms with E-state index in [0.29, 0.717) is 25.1 Å². The lowest BCUT2D eigenvalue weighted by atomic mass is 10.1. The van der Waals surface area contributed by atoms with Gasteiger partial charge in [-0.25, -0.2) is 0 Å². The largest absolute Gasteiger partial charge is 0.354 e. The summed E-state index contributed by atoms with van der Waals surface area (Å²) >= 11 is 0. The average Bonchev–Trinajstić information content (AvgIpc) is 2.74. The zero-order valence-corrected chi connectivity index (χ0v) is 17.5. The van der Waals surface area contributed by atoms with Gasteiger partial charge in [-0.3, -0.25) is 19.7 Å². The van der Waals surface area contributed by atoms with Crippen molar-refractivity contribution in [2.45, 2.75) is 45.6 Å². The Balaban J connectivity index is 2.17. The smallest absolute Gasteiger partial charge is 0.273 e. The van der Waals surface area contributed by atoms with Crippen LogP contribution in [0.15, 0.2) is 54.6 Å². The minimum absolute atomic E-state index is 0.0890. The maximum absolute atomic E-state index is 13.1. The third kappa shape index (κ3) is 6.69. The second-order valence-corrected chi connectivity index (χ2v) is 7.21. The van der Waals surface area contributed by atoms with E-state index in [1.165, 1.54) is 11.0 Å². The Hall–Kier alpha value is -3.22. The summed E-state index contributed by atoms with van der Waals surface area (Å²) in [5.74, 6) is -0.522. The highest BCUT2D eigenvalue weighted by molar-refractivity contribution is 5.88. The molecule has 0 spiro atoms. The molecule has 2 rings (SSSR count).